The highest BCUT2D eigenvalue weighted by Crippen LogP contribution is 2.38. The molecule has 0 spiro atoms. The summed E-state index contributed by atoms with van der Waals surface area (Å²) in [5.74, 6) is -0.0557. The molecule has 5 rings (SSSR count). The average Bonchev–Trinajstić information content (AvgIpc) is 2.65. The molecule has 2 saturated heterocycles. The Hall–Kier alpha value is -2.69. The number of rotatable bonds is 2. The molecule has 1 aromatic heterocycles. The van der Waals surface area contributed by atoms with E-state index >= 15 is 0 Å². The van der Waals surface area contributed by atoms with E-state index in [-0.39, 0.29) is 17.8 Å². The number of piperidine rings is 2. The van der Waals surface area contributed by atoms with Gasteiger partial charge in [-0.3, -0.25) is 4.98 Å². The zero-order chi connectivity index (χ0) is 18.3. The normalized spacial score (nSPS) is 21.8. The number of pyridine rings is 1. The summed E-state index contributed by atoms with van der Waals surface area (Å²) in [5, 5.41) is 2.77. The van der Waals surface area contributed by atoms with Crippen LogP contribution in [0.25, 0.3) is 11.3 Å². The highest BCUT2D eigenvalue weighted by molar-refractivity contribution is 5.91. The largest absolute Gasteiger partial charge is 0.322 e. The van der Waals surface area contributed by atoms with Crippen molar-refractivity contribution in [2.45, 2.75) is 32.2 Å². The summed E-state index contributed by atoms with van der Waals surface area (Å²) in [6.45, 7) is 6.64. The van der Waals surface area contributed by atoms with Gasteiger partial charge in [-0.05, 0) is 61.9 Å². The maximum Gasteiger partial charge on any atom is 0.322 e. The van der Waals surface area contributed by atoms with Gasteiger partial charge in [-0.15, -0.1) is 0 Å². The van der Waals surface area contributed by atoms with Crippen molar-refractivity contribution in [2.24, 2.45) is 5.92 Å². The minimum atomic E-state index is -0.429. The summed E-state index contributed by atoms with van der Waals surface area (Å²) < 4.78 is 14.5. The molecule has 5 heteroatoms. The minimum Gasteiger partial charge on any atom is -0.321 e. The van der Waals surface area contributed by atoms with Crippen molar-refractivity contribution in [3.8, 4) is 11.3 Å². The number of amides is 2. The van der Waals surface area contributed by atoms with E-state index < -0.39 is 5.82 Å². The van der Waals surface area contributed by atoms with Crippen molar-refractivity contribution in [1.29, 1.82) is 0 Å². The van der Waals surface area contributed by atoms with Gasteiger partial charge in [0, 0.05) is 24.3 Å². The molecule has 1 saturated carbocycles. The standard InChI is InChI=1S/C21H22FN3O/c1-13-9-16-7-6-15(13)12-25(16)21(26)24-20-11-17(14(2)10-18(20)22)19-5-3-4-8-23-19/h3-5,8,10-11,15-16H,1,6-7,9,12H2,2H3,(H,24,26)/t15?,16-/m0/s1. The fraction of sp³-hybridized carbons (Fsp3) is 0.333. The molecule has 2 aliphatic heterocycles. The second kappa shape index (κ2) is 6.56. The number of hydrogen-bond acceptors (Lipinski definition) is 2. The molecular formula is C21H22FN3O. The molecule has 134 valence electrons. The number of carbonyl (C=O) groups excluding carboxylic acids is 1. The Kier molecular flexibility index (Phi) is 4.23. The van der Waals surface area contributed by atoms with E-state index in [9.17, 15) is 9.18 Å². The molecule has 1 unspecified atom stereocenters. The van der Waals surface area contributed by atoms with E-state index in [1.54, 1.807) is 12.3 Å². The molecule has 2 bridgehead atoms. The molecule has 3 fully saturated rings. The van der Waals surface area contributed by atoms with Gasteiger partial charge < -0.3 is 10.2 Å². The number of anilines is 1. The average molecular weight is 351 g/mol. The van der Waals surface area contributed by atoms with Gasteiger partial charge in [-0.2, -0.15) is 0 Å². The summed E-state index contributed by atoms with van der Waals surface area (Å²) in [7, 11) is 0. The molecule has 2 amide bonds. The number of nitrogens with one attached hydrogen (secondary N) is 1. The Labute approximate surface area is 152 Å². The van der Waals surface area contributed by atoms with Gasteiger partial charge in [0.25, 0.3) is 0 Å². The van der Waals surface area contributed by atoms with Gasteiger partial charge in [0.15, 0.2) is 0 Å². The number of halogens is 1. The number of aryl methyl sites for hydroxylation is 1. The van der Waals surface area contributed by atoms with Crippen LogP contribution in [0.1, 0.15) is 24.8 Å². The van der Waals surface area contributed by atoms with E-state index in [1.165, 1.54) is 11.6 Å². The fourth-order valence-corrected chi connectivity index (χ4v) is 4.04. The lowest BCUT2D eigenvalue weighted by Crippen LogP contribution is -2.53. The van der Waals surface area contributed by atoms with Gasteiger partial charge in [-0.25, -0.2) is 9.18 Å². The highest BCUT2D eigenvalue weighted by Gasteiger charge is 2.38. The maximum absolute atomic E-state index is 14.5. The van der Waals surface area contributed by atoms with E-state index in [0.29, 0.717) is 12.5 Å². The van der Waals surface area contributed by atoms with Crippen LogP contribution in [0.5, 0.6) is 0 Å². The summed E-state index contributed by atoms with van der Waals surface area (Å²) in [6, 6.07) is 8.67. The van der Waals surface area contributed by atoms with Gasteiger partial charge in [0.1, 0.15) is 5.82 Å². The predicted octanol–water partition coefficient (Wildman–Crippen LogP) is 4.77. The van der Waals surface area contributed by atoms with Crippen LogP contribution in [0.4, 0.5) is 14.9 Å². The molecule has 2 aromatic rings. The summed E-state index contributed by atoms with van der Waals surface area (Å²) in [4.78, 5) is 18.9. The molecule has 3 aliphatic rings. The maximum atomic E-state index is 14.5. The molecule has 26 heavy (non-hydrogen) atoms. The van der Waals surface area contributed by atoms with Crippen LogP contribution in [0.3, 0.4) is 0 Å². The van der Waals surface area contributed by atoms with Crippen molar-refractivity contribution in [3.05, 3.63) is 60.1 Å². The monoisotopic (exact) mass is 351 g/mol. The number of aromatic nitrogens is 1. The topological polar surface area (TPSA) is 45.2 Å². The Balaban J connectivity index is 1.58. The van der Waals surface area contributed by atoms with Crippen LogP contribution in [0, 0.1) is 18.7 Å². The van der Waals surface area contributed by atoms with Gasteiger partial charge >= 0.3 is 6.03 Å². The van der Waals surface area contributed by atoms with E-state index in [1.807, 2.05) is 30.0 Å². The molecule has 4 nitrogen and oxygen atoms in total. The summed E-state index contributed by atoms with van der Waals surface area (Å²) >= 11 is 0. The van der Waals surface area contributed by atoms with Crippen molar-refractivity contribution < 1.29 is 9.18 Å². The third-order valence-electron chi connectivity index (χ3n) is 5.54. The fourth-order valence-electron chi connectivity index (χ4n) is 4.04. The van der Waals surface area contributed by atoms with Crippen LogP contribution >= 0.6 is 0 Å². The lowest BCUT2D eigenvalue weighted by Gasteiger charge is -2.46. The number of fused-ring (bicyclic) bond motifs is 3. The second-order valence-corrected chi connectivity index (χ2v) is 7.23. The number of carbonyl (C=O) groups is 1. The first-order valence-electron chi connectivity index (χ1n) is 9.00. The molecule has 2 atom stereocenters. The van der Waals surface area contributed by atoms with E-state index in [0.717, 1.165) is 36.1 Å². The van der Waals surface area contributed by atoms with Crippen molar-refractivity contribution in [1.82, 2.24) is 9.88 Å². The Morgan fingerprint density at radius 3 is 2.85 bits per heavy atom. The quantitative estimate of drug-likeness (QED) is 0.792. The molecular weight excluding hydrogens is 329 g/mol. The summed E-state index contributed by atoms with van der Waals surface area (Å²) in [6.07, 6.45) is 4.64. The lowest BCUT2D eigenvalue weighted by atomic mass is 9.77. The third-order valence-corrected chi connectivity index (χ3v) is 5.54. The van der Waals surface area contributed by atoms with Crippen LogP contribution in [-0.4, -0.2) is 28.5 Å². The first-order chi connectivity index (χ1) is 12.5. The molecule has 1 aromatic carbocycles. The second-order valence-electron chi connectivity index (χ2n) is 7.23. The van der Waals surface area contributed by atoms with E-state index in [2.05, 4.69) is 16.9 Å². The first-order valence-corrected chi connectivity index (χ1v) is 9.00. The third kappa shape index (κ3) is 2.98. The van der Waals surface area contributed by atoms with Crippen LogP contribution in [0.2, 0.25) is 0 Å². The smallest absolute Gasteiger partial charge is 0.321 e. The number of benzene rings is 1. The van der Waals surface area contributed by atoms with E-state index in [4.69, 9.17) is 0 Å². The Bertz CT molecular complexity index is 865. The minimum absolute atomic E-state index is 0.177. The number of nitrogens with zero attached hydrogens (tertiary/aromatic N) is 2. The zero-order valence-electron chi connectivity index (χ0n) is 14.8. The van der Waals surface area contributed by atoms with Crippen LogP contribution in [-0.2, 0) is 0 Å². The van der Waals surface area contributed by atoms with Crippen molar-refractivity contribution >= 4 is 11.7 Å². The van der Waals surface area contributed by atoms with Crippen LogP contribution in [0.15, 0.2) is 48.7 Å². The molecule has 3 heterocycles. The SMILES string of the molecule is C=C1C[C@@H]2CCC1CN2C(=O)Nc1cc(-c2ccccn2)c(C)cc1F. The molecule has 1 N–H and O–H groups in total. The van der Waals surface area contributed by atoms with Gasteiger partial charge in [-0.1, -0.05) is 18.2 Å². The number of urea groups is 1. The highest BCUT2D eigenvalue weighted by atomic mass is 19.1. The van der Waals surface area contributed by atoms with Crippen molar-refractivity contribution in [2.75, 3.05) is 11.9 Å². The number of hydrogen-bond donors (Lipinski definition) is 1. The van der Waals surface area contributed by atoms with Gasteiger partial charge in [0.2, 0.25) is 0 Å². The lowest BCUT2D eigenvalue weighted by molar-refractivity contribution is 0.115. The van der Waals surface area contributed by atoms with Crippen LogP contribution < -0.4 is 5.32 Å². The Morgan fingerprint density at radius 1 is 1.35 bits per heavy atom. The van der Waals surface area contributed by atoms with Crippen molar-refractivity contribution in [3.63, 3.8) is 0 Å². The molecule has 1 aliphatic carbocycles. The van der Waals surface area contributed by atoms with Gasteiger partial charge in [0.05, 0.1) is 11.4 Å². The predicted molar refractivity (Wildman–Crippen MR) is 100 cm³/mol. The summed E-state index contributed by atoms with van der Waals surface area (Å²) in [5.41, 5.74) is 3.79. The Morgan fingerprint density at radius 2 is 2.19 bits per heavy atom. The first kappa shape index (κ1) is 16.8. The molecule has 0 radical (unpaired) electrons. The zero-order valence-corrected chi connectivity index (χ0v) is 14.8.